The third-order valence-electron chi connectivity index (χ3n) is 5.28. The molecule has 0 aliphatic carbocycles. The molecule has 0 saturated carbocycles. The third kappa shape index (κ3) is 6.74. The molecule has 4 nitrogen and oxygen atoms in total. The second-order valence-electron chi connectivity index (χ2n) is 8.17. The van der Waals surface area contributed by atoms with Gasteiger partial charge in [0, 0.05) is 12.6 Å². The molecule has 4 heteroatoms. The monoisotopic (exact) mass is 394 g/mol. The number of hydrogen-bond acceptors (Lipinski definition) is 2. The van der Waals surface area contributed by atoms with Crippen molar-refractivity contribution in [3.63, 3.8) is 0 Å². The maximum absolute atomic E-state index is 13.3. The van der Waals surface area contributed by atoms with E-state index in [-0.39, 0.29) is 24.3 Å². The first-order valence-electron chi connectivity index (χ1n) is 10.4. The summed E-state index contributed by atoms with van der Waals surface area (Å²) in [7, 11) is 0. The maximum Gasteiger partial charge on any atom is 0.242 e. The molecule has 29 heavy (non-hydrogen) atoms. The average Bonchev–Trinajstić information content (AvgIpc) is 2.65. The van der Waals surface area contributed by atoms with Gasteiger partial charge in [-0.1, -0.05) is 66.1 Å². The van der Waals surface area contributed by atoms with Crippen LogP contribution < -0.4 is 5.32 Å². The molecule has 2 amide bonds. The smallest absolute Gasteiger partial charge is 0.242 e. The largest absolute Gasteiger partial charge is 0.352 e. The van der Waals surface area contributed by atoms with Crippen LogP contribution in [0.25, 0.3) is 0 Å². The number of benzene rings is 2. The number of nitrogens with one attached hydrogen (secondary N) is 1. The Morgan fingerprint density at radius 2 is 1.48 bits per heavy atom. The Morgan fingerprint density at radius 3 is 2.03 bits per heavy atom. The number of carbonyl (C=O) groups is 2. The van der Waals surface area contributed by atoms with Crippen molar-refractivity contribution in [2.24, 2.45) is 0 Å². The predicted octanol–water partition coefficient (Wildman–Crippen LogP) is 4.49. The first-order chi connectivity index (χ1) is 13.7. The number of amides is 2. The highest BCUT2D eigenvalue weighted by atomic mass is 16.2. The van der Waals surface area contributed by atoms with Crippen LogP contribution in [-0.2, 0) is 22.6 Å². The molecule has 156 valence electrons. The van der Waals surface area contributed by atoms with Crippen molar-refractivity contribution in [1.82, 2.24) is 10.2 Å². The van der Waals surface area contributed by atoms with Crippen molar-refractivity contribution < 1.29 is 9.59 Å². The lowest BCUT2D eigenvalue weighted by atomic mass is 10.0. The van der Waals surface area contributed by atoms with Crippen LogP contribution in [0.4, 0.5) is 0 Å². The van der Waals surface area contributed by atoms with Gasteiger partial charge in [-0.05, 0) is 52.2 Å². The minimum Gasteiger partial charge on any atom is -0.352 e. The summed E-state index contributed by atoms with van der Waals surface area (Å²) in [5.74, 6) is -0.150. The average molecular weight is 395 g/mol. The summed E-state index contributed by atoms with van der Waals surface area (Å²) in [6.45, 7) is 12.3. The van der Waals surface area contributed by atoms with E-state index in [4.69, 9.17) is 0 Å². The van der Waals surface area contributed by atoms with E-state index >= 15 is 0 Å². The molecule has 0 radical (unpaired) electrons. The summed E-state index contributed by atoms with van der Waals surface area (Å²) < 4.78 is 0. The summed E-state index contributed by atoms with van der Waals surface area (Å²) in [4.78, 5) is 27.7. The van der Waals surface area contributed by atoms with Gasteiger partial charge in [-0.15, -0.1) is 0 Å². The maximum atomic E-state index is 13.3. The van der Waals surface area contributed by atoms with Crippen LogP contribution in [0.3, 0.4) is 0 Å². The Labute approximate surface area is 175 Å². The van der Waals surface area contributed by atoms with Gasteiger partial charge in [0.1, 0.15) is 6.04 Å². The molecule has 0 aromatic heterocycles. The van der Waals surface area contributed by atoms with Crippen LogP contribution in [0.1, 0.15) is 55.0 Å². The van der Waals surface area contributed by atoms with Gasteiger partial charge in [-0.2, -0.15) is 0 Å². The lowest BCUT2D eigenvalue weighted by Gasteiger charge is -2.30. The van der Waals surface area contributed by atoms with Gasteiger partial charge in [-0.3, -0.25) is 9.59 Å². The van der Waals surface area contributed by atoms with Crippen LogP contribution >= 0.6 is 0 Å². The molecule has 0 heterocycles. The van der Waals surface area contributed by atoms with E-state index in [9.17, 15) is 9.59 Å². The summed E-state index contributed by atoms with van der Waals surface area (Å²) in [6, 6.07) is 13.8. The Hall–Kier alpha value is -2.62. The highest BCUT2D eigenvalue weighted by molar-refractivity contribution is 5.88. The molecule has 2 aromatic rings. The molecule has 2 atom stereocenters. The van der Waals surface area contributed by atoms with Crippen molar-refractivity contribution in [2.45, 2.75) is 73.0 Å². The van der Waals surface area contributed by atoms with E-state index in [1.807, 2.05) is 77.9 Å². The quantitative estimate of drug-likeness (QED) is 0.717. The molecular formula is C25H34N2O2. The van der Waals surface area contributed by atoms with Crippen molar-refractivity contribution in [1.29, 1.82) is 0 Å². The number of nitrogens with zero attached hydrogens (tertiary/aromatic N) is 1. The standard InChI is InChI=1S/C25H34N2O2/c1-7-20(5)26-25(29)21(6)27(16-22-10-8-17(2)9-11-22)24(28)15-23-13-18(3)12-19(4)14-23/h8-14,20-21H,7,15-16H2,1-6H3,(H,26,29). The van der Waals surface area contributed by atoms with Gasteiger partial charge in [0.2, 0.25) is 11.8 Å². The van der Waals surface area contributed by atoms with Crippen molar-refractivity contribution in [3.8, 4) is 0 Å². The Kier molecular flexibility index (Phi) is 8.00. The van der Waals surface area contributed by atoms with Crippen molar-refractivity contribution in [3.05, 3.63) is 70.3 Å². The molecule has 0 aliphatic heterocycles. The number of carbonyl (C=O) groups excluding carboxylic acids is 2. The minimum atomic E-state index is -0.538. The lowest BCUT2D eigenvalue weighted by molar-refractivity contribution is -0.140. The fourth-order valence-corrected chi connectivity index (χ4v) is 3.39. The Balaban J connectivity index is 2.25. The highest BCUT2D eigenvalue weighted by Gasteiger charge is 2.26. The molecule has 0 aliphatic rings. The molecule has 2 unspecified atom stereocenters. The fourth-order valence-electron chi connectivity index (χ4n) is 3.39. The first-order valence-corrected chi connectivity index (χ1v) is 10.4. The topological polar surface area (TPSA) is 49.4 Å². The lowest BCUT2D eigenvalue weighted by Crippen LogP contribution is -2.49. The van der Waals surface area contributed by atoms with E-state index in [0.29, 0.717) is 6.54 Å². The highest BCUT2D eigenvalue weighted by Crippen LogP contribution is 2.15. The molecule has 0 spiro atoms. The van der Waals surface area contributed by atoms with E-state index in [1.54, 1.807) is 4.90 Å². The van der Waals surface area contributed by atoms with Crippen LogP contribution in [0.15, 0.2) is 42.5 Å². The first kappa shape index (κ1) is 22.7. The summed E-state index contributed by atoms with van der Waals surface area (Å²) in [6.07, 6.45) is 1.14. The van der Waals surface area contributed by atoms with Crippen LogP contribution in [0.5, 0.6) is 0 Å². The SMILES string of the molecule is CCC(C)NC(=O)C(C)N(Cc1ccc(C)cc1)C(=O)Cc1cc(C)cc(C)c1. The van der Waals surface area contributed by atoms with Gasteiger partial charge < -0.3 is 10.2 Å². The molecule has 1 N–H and O–H groups in total. The van der Waals surface area contributed by atoms with Crippen LogP contribution in [0.2, 0.25) is 0 Å². The summed E-state index contributed by atoms with van der Waals surface area (Å²) >= 11 is 0. The van der Waals surface area contributed by atoms with Crippen molar-refractivity contribution >= 4 is 11.8 Å². The molecule has 2 rings (SSSR count). The summed E-state index contributed by atoms with van der Waals surface area (Å²) in [5, 5.41) is 3.01. The molecular weight excluding hydrogens is 360 g/mol. The van der Waals surface area contributed by atoms with Gasteiger partial charge in [0.25, 0.3) is 0 Å². The predicted molar refractivity (Wildman–Crippen MR) is 119 cm³/mol. The van der Waals surface area contributed by atoms with Crippen molar-refractivity contribution in [2.75, 3.05) is 0 Å². The Bertz CT molecular complexity index is 822. The molecule has 0 saturated heterocycles. The van der Waals surface area contributed by atoms with Gasteiger partial charge in [-0.25, -0.2) is 0 Å². The van der Waals surface area contributed by atoms with E-state index in [1.165, 1.54) is 5.56 Å². The molecule has 0 bridgehead atoms. The second-order valence-corrected chi connectivity index (χ2v) is 8.17. The zero-order chi connectivity index (χ0) is 21.6. The van der Waals surface area contributed by atoms with E-state index in [0.717, 1.165) is 28.7 Å². The summed E-state index contributed by atoms with van der Waals surface area (Å²) in [5.41, 5.74) is 5.45. The van der Waals surface area contributed by atoms with E-state index in [2.05, 4.69) is 11.4 Å². The zero-order valence-corrected chi connectivity index (χ0v) is 18.6. The number of aryl methyl sites for hydroxylation is 3. The number of hydrogen-bond donors (Lipinski definition) is 1. The minimum absolute atomic E-state index is 0.0395. The van der Waals surface area contributed by atoms with Gasteiger partial charge in [0.15, 0.2) is 0 Å². The van der Waals surface area contributed by atoms with Crippen LogP contribution in [-0.4, -0.2) is 28.8 Å². The van der Waals surface area contributed by atoms with Crippen LogP contribution in [0, 0.1) is 20.8 Å². The molecule has 0 fully saturated rings. The normalized spacial score (nSPS) is 12.9. The third-order valence-corrected chi connectivity index (χ3v) is 5.28. The van der Waals surface area contributed by atoms with Gasteiger partial charge in [0.05, 0.1) is 6.42 Å². The van der Waals surface area contributed by atoms with E-state index < -0.39 is 6.04 Å². The second kappa shape index (κ2) is 10.2. The molecule has 2 aromatic carbocycles. The fraction of sp³-hybridized carbons (Fsp3) is 0.440. The zero-order valence-electron chi connectivity index (χ0n) is 18.6. The Morgan fingerprint density at radius 1 is 0.897 bits per heavy atom. The number of rotatable bonds is 8. The van der Waals surface area contributed by atoms with Gasteiger partial charge >= 0.3 is 0 Å².